The molecule has 0 spiro atoms. The Morgan fingerprint density at radius 3 is 2.45 bits per heavy atom. The van der Waals surface area contributed by atoms with E-state index in [1.165, 1.54) is 5.56 Å². The number of nitrogens with zero attached hydrogens (tertiary/aromatic N) is 2. The lowest BCUT2D eigenvalue weighted by atomic mass is 10.0. The van der Waals surface area contributed by atoms with Gasteiger partial charge in [-0.25, -0.2) is 0 Å². The highest BCUT2D eigenvalue weighted by atomic mass is 32.1. The Hall–Kier alpha value is -2.47. The minimum atomic E-state index is -0.151. The topological polar surface area (TPSA) is 35.6 Å². The second-order valence-corrected chi connectivity index (χ2v) is 8.30. The zero-order valence-corrected chi connectivity index (χ0v) is 17.6. The molecule has 5 heteroatoms. The summed E-state index contributed by atoms with van der Waals surface area (Å²) < 4.78 is 0. The van der Waals surface area contributed by atoms with Crippen molar-refractivity contribution in [2.45, 2.75) is 19.5 Å². The lowest BCUT2D eigenvalue weighted by Crippen LogP contribution is -2.52. The summed E-state index contributed by atoms with van der Waals surface area (Å²) in [5.41, 5.74) is 4.41. The summed E-state index contributed by atoms with van der Waals surface area (Å²) in [6, 6.07) is 20.2. The maximum absolute atomic E-state index is 13.0. The zero-order valence-electron chi connectivity index (χ0n) is 16.8. The van der Waals surface area contributed by atoms with Crippen LogP contribution in [0.1, 0.15) is 12.5 Å². The van der Waals surface area contributed by atoms with Crippen molar-refractivity contribution in [1.82, 2.24) is 9.80 Å². The third-order valence-electron chi connectivity index (χ3n) is 5.59. The monoisotopic (exact) mass is 405 g/mol. The fourth-order valence-electron chi connectivity index (χ4n) is 3.81. The number of thiophene rings is 1. The van der Waals surface area contributed by atoms with Crippen molar-refractivity contribution in [3.63, 3.8) is 0 Å². The maximum Gasteiger partial charge on any atom is 0.241 e. The number of piperazine rings is 1. The number of hydrogen-bond acceptors (Lipinski definition) is 4. The predicted octanol–water partition coefficient (Wildman–Crippen LogP) is 4.56. The van der Waals surface area contributed by atoms with Gasteiger partial charge < -0.3 is 5.32 Å². The molecule has 1 saturated heterocycles. The molecule has 1 aliphatic heterocycles. The SMILES string of the molecule is CC(C(=O)Nc1ccccc1-c1ccccc1)N1CCN(Cc2ccsc2)CC1. The van der Waals surface area contributed by atoms with Gasteiger partial charge in [0.15, 0.2) is 0 Å². The lowest BCUT2D eigenvalue weighted by Gasteiger charge is -2.37. The molecule has 1 unspecified atom stereocenters. The van der Waals surface area contributed by atoms with E-state index in [4.69, 9.17) is 0 Å². The van der Waals surface area contributed by atoms with Gasteiger partial charge in [-0.3, -0.25) is 14.6 Å². The molecule has 150 valence electrons. The first-order valence-electron chi connectivity index (χ1n) is 10.1. The smallest absolute Gasteiger partial charge is 0.241 e. The van der Waals surface area contributed by atoms with Crippen molar-refractivity contribution in [3.05, 3.63) is 77.0 Å². The Labute approximate surface area is 176 Å². The molecular weight excluding hydrogens is 378 g/mol. The van der Waals surface area contributed by atoms with E-state index in [2.05, 4.69) is 50.1 Å². The van der Waals surface area contributed by atoms with Crippen molar-refractivity contribution in [2.24, 2.45) is 0 Å². The highest BCUT2D eigenvalue weighted by Crippen LogP contribution is 2.27. The number of benzene rings is 2. The van der Waals surface area contributed by atoms with Crippen LogP contribution >= 0.6 is 11.3 Å². The highest BCUT2D eigenvalue weighted by Gasteiger charge is 2.26. The van der Waals surface area contributed by atoms with Crippen LogP contribution in [0, 0.1) is 0 Å². The lowest BCUT2D eigenvalue weighted by molar-refractivity contribution is -0.121. The molecule has 4 nitrogen and oxygen atoms in total. The van der Waals surface area contributed by atoms with E-state index in [1.54, 1.807) is 11.3 Å². The molecule has 0 saturated carbocycles. The first kappa shape index (κ1) is 19.8. The number of anilines is 1. The van der Waals surface area contributed by atoms with Gasteiger partial charge in [0, 0.05) is 44.0 Å². The van der Waals surface area contributed by atoms with Crippen molar-refractivity contribution in [2.75, 3.05) is 31.5 Å². The predicted molar refractivity (Wildman–Crippen MR) is 121 cm³/mol. The fourth-order valence-corrected chi connectivity index (χ4v) is 4.47. The highest BCUT2D eigenvalue weighted by molar-refractivity contribution is 7.07. The first-order chi connectivity index (χ1) is 14.2. The van der Waals surface area contributed by atoms with Crippen LogP contribution in [0.25, 0.3) is 11.1 Å². The van der Waals surface area contributed by atoms with Crippen LogP contribution in [-0.4, -0.2) is 47.9 Å². The standard InChI is InChI=1S/C24H27N3OS/c1-19(27-14-12-26(13-15-27)17-20-11-16-29-18-20)24(28)25-23-10-6-5-9-22(23)21-7-3-2-4-8-21/h2-11,16,18-19H,12-15,17H2,1H3,(H,25,28). The maximum atomic E-state index is 13.0. The van der Waals surface area contributed by atoms with E-state index in [1.807, 2.05) is 43.3 Å². The Morgan fingerprint density at radius 2 is 1.72 bits per heavy atom. The molecule has 3 aromatic rings. The van der Waals surface area contributed by atoms with Gasteiger partial charge in [-0.2, -0.15) is 11.3 Å². The van der Waals surface area contributed by atoms with Crippen molar-refractivity contribution in [3.8, 4) is 11.1 Å². The number of hydrogen-bond donors (Lipinski definition) is 1. The van der Waals surface area contributed by atoms with E-state index < -0.39 is 0 Å². The van der Waals surface area contributed by atoms with Gasteiger partial charge >= 0.3 is 0 Å². The molecule has 0 aliphatic carbocycles. The van der Waals surface area contributed by atoms with Gasteiger partial charge in [0.25, 0.3) is 0 Å². The van der Waals surface area contributed by atoms with Crippen molar-refractivity contribution < 1.29 is 4.79 Å². The third kappa shape index (κ3) is 4.93. The Balaban J connectivity index is 1.36. The number of carbonyl (C=O) groups is 1. The zero-order chi connectivity index (χ0) is 20.1. The summed E-state index contributed by atoms with van der Waals surface area (Å²) in [6.07, 6.45) is 0. The largest absolute Gasteiger partial charge is 0.324 e. The Kier molecular flexibility index (Phi) is 6.39. The Bertz CT molecular complexity index is 918. The number of amides is 1. The van der Waals surface area contributed by atoms with Crippen LogP contribution in [0.15, 0.2) is 71.4 Å². The molecular formula is C24H27N3OS. The summed E-state index contributed by atoms with van der Waals surface area (Å²) in [5.74, 6) is 0.0552. The fraction of sp³-hybridized carbons (Fsp3) is 0.292. The number of rotatable bonds is 6. The van der Waals surface area contributed by atoms with Crippen LogP contribution in [0.4, 0.5) is 5.69 Å². The van der Waals surface area contributed by atoms with E-state index in [0.717, 1.165) is 49.5 Å². The number of nitrogens with one attached hydrogen (secondary N) is 1. The minimum absolute atomic E-state index is 0.0552. The minimum Gasteiger partial charge on any atom is -0.324 e. The van der Waals surface area contributed by atoms with E-state index in [9.17, 15) is 4.79 Å². The molecule has 29 heavy (non-hydrogen) atoms. The average molecular weight is 406 g/mol. The van der Waals surface area contributed by atoms with Gasteiger partial charge in [0.2, 0.25) is 5.91 Å². The molecule has 1 atom stereocenters. The molecule has 0 radical (unpaired) electrons. The van der Waals surface area contributed by atoms with Gasteiger partial charge in [0.05, 0.1) is 6.04 Å². The van der Waals surface area contributed by atoms with E-state index in [-0.39, 0.29) is 11.9 Å². The summed E-state index contributed by atoms with van der Waals surface area (Å²) >= 11 is 1.75. The summed E-state index contributed by atoms with van der Waals surface area (Å²) in [6.45, 7) is 6.83. The van der Waals surface area contributed by atoms with Crippen LogP contribution in [-0.2, 0) is 11.3 Å². The molecule has 1 fully saturated rings. The number of para-hydroxylation sites is 1. The molecule has 1 aromatic heterocycles. The molecule has 2 heterocycles. The molecule has 1 aliphatic rings. The van der Waals surface area contributed by atoms with Gasteiger partial charge in [-0.1, -0.05) is 48.5 Å². The molecule has 4 rings (SSSR count). The third-order valence-corrected chi connectivity index (χ3v) is 6.32. The quantitative estimate of drug-likeness (QED) is 0.653. The molecule has 0 bridgehead atoms. The van der Waals surface area contributed by atoms with Gasteiger partial charge in [-0.05, 0) is 40.9 Å². The Morgan fingerprint density at radius 1 is 1.00 bits per heavy atom. The van der Waals surface area contributed by atoms with Crippen LogP contribution in [0.5, 0.6) is 0 Å². The number of carbonyl (C=O) groups excluding carboxylic acids is 1. The normalized spacial score (nSPS) is 16.4. The van der Waals surface area contributed by atoms with Crippen LogP contribution in [0.3, 0.4) is 0 Å². The van der Waals surface area contributed by atoms with E-state index >= 15 is 0 Å². The van der Waals surface area contributed by atoms with E-state index in [0.29, 0.717) is 0 Å². The van der Waals surface area contributed by atoms with Crippen LogP contribution in [0.2, 0.25) is 0 Å². The van der Waals surface area contributed by atoms with Crippen molar-refractivity contribution >= 4 is 22.9 Å². The van der Waals surface area contributed by atoms with Gasteiger partial charge in [-0.15, -0.1) is 0 Å². The second-order valence-electron chi connectivity index (χ2n) is 7.52. The van der Waals surface area contributed by atoms with Crippen molar-refractivity contribution in [1.29, 1.82) is 0 Å². The summed E-state index contributed by atoms with van der Waals surface area (Å²) in [4.78, 5) is 17.7. The molecule has 2 aromatic carbocycles. The second kappa shape index (κ2) is 9.35. The molecule has 1 amide bonds. The summed E-state index contributed by atoms with van der Waals surface area (Å²) in [5, 5.41) is 7.51. The molecule has 1 N–H and O–H groups in total. The van der Waals surface area contributed by atoms with Crippen LogP contribution < -0.4 is 5.32 Å². The summed E-state index contributed by atoms with van der Waals surface area (Å²) in [7, 11) is 0. The van der Waals surface area contributed by atoms with Gasteiger partial charge in [0.1, 0.15) is 0 Å². The first-order valence-corrected chi connectivity index (χ1v) is 11.1. The average Bonchev–Trinajstić information content (AvgIpc) is 3.28.